The zero-order valence-corrected chi connectivity index (χ0v) is 14.3. The maximum absolute atomic E-state index is 6.17. The Morgan fingerprint density at radius 2 is 1.86 bits per heavy atom. The van der Waals surface area contributed by atoms with Crippen molar-refractivity contribution < 1.29 is 9.47 Å². The third-order valence-corrected chi connectivity index (χ3v) is 3.44. The van der Waals surface area contributed by atoms with Crippen LogP contribution >= 0.6 is 46.4 Å². The third kappa shape index (κ3) is 5.25. The number of pyridine rings is 1. The highest BCUT2D eigenvalue weighted by molar-refractivity contribution is 6.55. The number of hydrogen-bond acceptors (Lipinski definition) is 3. The third-order valence-electron chi connectivity index (χ3n) is 2.57. The molecule has 0 unspecified atom stereocenters. The van der Waals surface area contributed by atoms with E-state index in [4.69, 9.17) is 55.9 Å². The molecule has 22 heavy (non-hydrogen) atoms. The molecule has 0 fully saturated rings. The monoisotopic (exact) mass is 377 g/mol. The molecule has 0 spiro atoms. The number of halogens is 4. The van der Waals surface area contributed by atoms with Gasteiger partial charge in [-0.15, -0.1) is 0 Å². The van der Waals surface area contributed by atoms with Gasteiger partial charge in [0.2, 0.25) is 0 Å². The van der Waals surface area contributed by atoms with E-state index in [0.29, 0.717) is 28.2 Å². The first kappa shape index (κ1) is 17.2. The Kier molecular flexibility index (Phi) is 6.65. The topological polar surface area (TPSA) is 31.4 Å². The van der Waals surface area contributed by atoms with Crippen LogP contribution in [0.5, 0.6) is 11.5 Å². The van der Waals surface area contributed by atoms with Gasteiger partial charge in [0, 0.05) is 30.1 Å². The number of nitrogens with zero attached hydrogens (tertiary/aromatic N) is 1. The van der Waals surface area contributed by atoms with Gasteiger partial charge in [0.25, 0.3) is 0 Å². The second-order valence-corrected chi connectivity index (χ2v) is 5.99. The molecule has 0 saturated carbocycles. The van der Waals surface area contributed by atoms with Crippen molar-refractivity contribution in [1.29, 1.82) is 0 Å². The average molecular weight is 379 g/mol. The zero-order valence-electron chi connectivity index (χ0n) is 11.2. The number of ether oxygens (including phenoxy) is 2. The van der Waals surface area contributed by atoms with Gasteiger partial charge in [-0.3, -0.25) is 4.98 Å². The molecule has 3 nitrogen and oxygen atoms in total. The SMILES string of the molecule is ClC(Cl)=CCOc1cc(Cl)c(OCc2cccnc2)c(Cl)c1. The molecule has 0 bridgehead atoms. The lowest BCUT2D eigenvalue weighted by atomic mass is 10.3. The fourth-order valence-corrected chi connectivity index (χ4v) is 2.30. The smallest absolute Gasteiger partial charge is 0.157 e. The second kappa shape index (κ2) is 8.49. The van der Waals surface area contributed by atoms with E-state index in [-0.39, 0.29) is 11.1 Å². The fourth-order valence-electron chi connectivity index (χ4n) is 1.60. The van der Waals surface area contributed by atoms with Crippen LogP contribution in [0.25, 0.3) is 0 Å². The molecular weight excluding hydrogens is 368 g/mol. The predicted octanol–water partition coefficient (Wildman–Crippen LogP) is 5.67. The van der Waals surface area contributed by atoms with Crippen molar-refractivity contribution in [3.8, 4) is 11.5 Å². The van der Waals surface area contributed by atoms with Crippen LogP contribution in [0.3, 0.4) is 0 Å². The van der Waals surface area contributed by atoms with Crippen LogP contribution in [0.4, 0.5) is 0 Å². The number of benzene rings is 1. The molecule has 0 atom stereocenters. The molecule has 1 heterocycles. The van der Waals surface area contributed by atoms with E-state index in [1.54, 1.807) is 24.5 Å². The number of aromatic nitrogens is 1. The molecule has 2 rings (SSSR count). The highest BCUT2D eigenvalue weighted by atomic mass is 35.5. The maximum atomic E-state index is 6.17. The van der Waals surface area contributed by atoms with Gasteiger partial charge in [0.1, 0.15) is 23.5 Å². The summed E-state index contributed by atoms with van der Waals surface area (Å²) >= 11 is 23.3. The normalized spacial score (nSPS) is 10.2. The largest absolute Gasteiger partial charge is 0.489 e. The summed E-state index contributed by atoms with van der Waals surface area (Å²) in [5, 5.41) is 0.708. The molecule has 0 amide bonds. The van der Waals surface area contributed by atoms with Crippen molar-refractivity contribution in [3.05, 3.63) is 62.8 Å². The first-order chi connectivity index (χ1) is 10.6. The van der Waals surface area contributed by atoms with Crippen LogP contribution in [-0.2, 0) is 6.61 Å². The van der Waals surface area contributed by atoms with Crippen molar-refractivity contribution in [1.82, 2.24) is 4.98 Å². The van der Waals surface area contributed by atoms with Crippen molar-refractivity contribution in [2.24, 2.45) is 0 Å². The summed E-state index contributed by atoms with van der Waals surface area (Å²) in [5.41, 5.74) is 0.914. The van der Waals surface area contributed by atoms with E-state index >= 15 is 0 Å². The van der Waals surface area contributed by atoms with Gasteiger partial charge in [0.05, 0.1) is 10.0 Å². The summed E-state index contributed by atoms with van der Waals surface area (Å²) in [7, 11) is 0. The average Bonchev–Trinajstić information content (AvgIpc) is 2.47. The van der Waals surface area contributed by atoms with Gasteiger partial charge < -0.3 is 9.47 Å². The maximum Gasteiger partial charge on any atom is 0.157 e. The molecular formula is C15H11Cl4NO2. The van der Waals surface area contributed by atoms with Gasteiger partial charge in [0.15, 0.2) is 5.75 Å². The Balaban J connectivity index is 2.05. The molecule has 7 heteroatoms. The fraction of sp³-hybridized carbons (Fsp3) is 0.133. The van der Waals surface area contributed by atoms with E-state index in [1.165, 1.54) is 6.08 Å². The summed E-state index contributed by atoms with van der Waals surface area (Å²) in [4.78, 5) is 4.01. The first-order valence-corrected chi connectivity index (χ1v) is 7.72. The van der Waals surface area contributed by atoms with Crippen LogP contribution in [0.1, 0.15) is 5.56 Å². The van der Waals surface area contributed by atoms with E-state index in [0.717, 1.165) is 5.56 Å². The van der Waals surface area contributed by atoms with Crippen LogP contribution < -0.4 is 9.47 Å². The lowest BCUT2D eigenvalue weighted by Crippen LogP contribution is -1.98. The second-order valence-electron chi connectivity index (χ2n) is 4.17. The van der Waals surface area contributed by atoms with Crippen molar-refractivity contribution in [2.75, 3.05) is 6.61 Å². The van der Waals surface area contributed by atoms with Gasteiger partial charge >= 0.3 is 0 Å². The lowest BCUT2D eigenvalue weighted by Gasteiger charge is -2.12. The van der Waals surface area contributed by atoms with Crippen LogP contribution in [0.15, 0.2) is 47.2 Å². The molecule has 2 aromatic rings. The van der Waals surface area contributed by atoms with Gasteiger partial charge in [-0.25, -0.2) is 0 Å². The minimum atomic E-state index is 0.133. The van der Waals surface area contributed by atoms with Crippen molar-refractivity contribution in [2.45, 2.75) is 6.61 Å². The molecule has 0 radical (unpaired) electrons. The van der Waals surface area contributed by atoms with Gasteiger partial charge in [-0.05, 0) is 12.1 Å². The zero-order chi connectivity index (χ0) is 15.9. The molecule has 0 aliphatic carbocycles. The molecule has 116 valence electrons. The summed E-state index contributed by atoms with van der Waals surface area (Å²) in [6, 6.07) is 6.95. The summed E-state index contributed by atoms with van der Waals surface area (Å²) in [6.45, 7) is 0.531. The van der Waals surface area contributed by atoms with E-state index in [9.17, 15) is 0 Å². The Morgan fingerprint density at radius 1 is 1.14 bits per heavy atom. The molecule has 1 aromatic carbocycles. The summed E-state index contributed by atoms with van der Waals surface area (Å²) < 4.78 is 11.2. The lowest BCUT2D eigenvalue weighted by molar-refractivity contribution is 0.305. The summed E-state index contributed by atoms with van der Waals surface area (Å²) in [5.74, 6) is 0.889. The molecule has 1 aromatic heterocycles. The van der Waals surface area contributed by atoms with Crippen LogP contribution in [-0.4, -0.2) is 11.6 Å². The van der Waals surface area contributed by atoms with Crippen molar-refractivity contribution >= 4 is 46.4 Å². The minimum Gasteiger partial charge on any atom is -0.489 e. The van der Waals surface area contributed by atoms with Crippen LogP contribution in [0.2, 0.25) is 10.0 Å². The molecule has 0 saturated heterocycles. The number of rotatable bonds is 6. The number of hydrogen-bond donors (Lipinski definition) is 0. The van der Waals surface area contributed by atoms with E-state index < -0.39 is 0 Å². The van der Waals surface area contributed by atoms with Gasteiger partial charge in [-0.2, -0.15) is 0 Å². The Bertz CT molecular complexity index is 635. The molecule has 0 aliphatic rings. The van der Waals surface area contributed by atoms with E-state index in [2.05, 4.69) is 4.98 Å². The van der Waals surface area contributed by atoms with Crippen LogP contribution in [0, 0.1) is 0 Å². The Labute approximate surface area is 148 Å². The standard InChI is InChI=1S/C15H11Cl4NO2/c16-12-6-11(21-5-3-14(18)19)7-13(17)15(12)22-9-10-2-1-4-20-8-10/h1-4,6-8H,5,9H2. The van der Waals surface area contributed by atoms with Crippen molar-refractivity contribution in [3.63, 3.8) is 0 Å². The summed E-state index contributed by atoms with van der Waals surface area (Å²) in [6.07, 6.45) is 4.91. The Hall–Kier alpha value is -1.13. The molecule has 0 N–H and O–H groups in total. The molecule has 0 aliphatic heterocycles. The van der Waals surface area contributed by atoms with Gasteiger partial charge in [-0.1, -0.05) is 52.5 Å². The van der Waals surface area contributed by atoms with E-state index in [1.807, 2.05) is 12.1 Å². The quantitative estimate of drug-likeness (QED) is 0.649. The Morgan fingerprint density at radius 3 is 2.45 bits per heavy atom. The highest BCUT2D eigenvalue weighted by Crippen LogP contribution is 2.37. The minimum absolute atomic E-state index is 0.133. The first-order valence-electron chi connectivity index (χ1n) is 6.21. The highest BCUT2D eigenvalue weighted by Gasteiger charge is 2.11. The predicted molar refractivity (Wildman–Crippen MR) is 90.3 cm³/mol.